The molecule has 1 aliphatic rings. The van der Waals surface area contributed by atoms with E-state index in [-0.39, 0.29) is 17.7 Å². The van der Waals surface area contributed by atoms with Crippen LogP contribution in [0, 0.1) is 6.92 Å². The number of pyridine rings is 2. The standard InChI is InChI=1S/C28H21ClF2N4O4/c1-15-4-6-16(7-5-15)21-13-20(34-35(21)27(39)28(30,31)14-22(36)37)24-23(17-8-10-18(29)11-9-17)19-3-2-12-32-25(19)33-26(24)38/h2-12,21H,13-14H2,1H3,(H,36,37)(H,32,33,38)/t21-/m1/s1. The lowest BCUT2D eigenvalue weighted by Gasteiger charge is -2.25. The van der Waals surface area contributed by atoms with Crippen molar-refractivity contribution in [1.29, 1.82) is 0 Å². The summed E-state index contributed by atoms with van der Waals surface area (Å²) in [5.74, 6) is -7.81. The van der Waals surface area contributed by atoms with E-state index >= 15 is 0 Å². The van der Waals surface area contributed by atoms with E-state index in [1.165, 1.54) is 6.20 Å². The number of aryl methyl sites for hydroxylation is 1. The smallest absolute Gasteiger partial charge is 0.337 e. The number of alkyl halides is 2. The number of carboxylic acids is 1. The molecule has 1 amide bonds. The van der Waals surface area contributed by atoms with Crippen molar-refractivity contribution in [3.8, 4) is 11.1 Å². The van der Waals surface area contributed by atoms with Gasteiger partial charge in [0.25, 0.3) is 5.56 Å². The Morgan fingerprint density at radius 1 is 1.10 bits per heavy atom. The van der Waals surface area contributed by atoms with Crippen LogP contribution in [0.25, 0.3) is 22.2 Å². The lowest BCUT2D eigenvalue weighted by molar-refractivity contribution is -0.167. The highest BCUT2D eigenvalue weighted by Gasteiger charge is 2.49. The summed E-state index contributed by atoms with van der Waals surface area (Å²) in [4.78, 5) is 44.5. The number of aliphatic carboxylic acids is 1. The number of nitrogens with one attached hydrogen (secondary N) is 1. The number of carbonyl (C=O) groups is 2. The molecule has 0 saturated carbocycles. The van der Waals surface area contributed by atoms with Gasteiger partial charge in [-0.15, -0.1) is 0 Å². The second-order valence-electron chi connectivity index (χ2n) is 9.21. The second kappa shape index (κ2) is 10.0. The van der Waals surface area contributed by atoms with Crippen LogP contribution in [0.5, 0.6) is 0 Å². The van der Waals surface area contributed by atoms with Gasteiger partial charge in [-0.25, -0.2) is 9.99 Å². The number of rotatable bonds is 6. The zero-order valence-electron chi connectivity index (χ0n) is 20.5. The van der Waals surface area contributed by atoms with Crippen molar-refractivity contribution in [2.45, 2.75) is 31.7 Å². The number of hydrogen-bond acceptors (Lipinski definition) is 5. The van der Waals surface area contributed by atoms with E-state index in [4.69, 9.17) is 16.7 Å². The van der Waals surface area contributed by atoms with Gasteiger partial charge in [0, 0.05) is 28.6 Å². The Bertz CT molecular complexity index is 1690. The number of aromatic amines is 1. The maximum Gasteiger partial charge on any atom is 0.337 e. The summed E-state index contributed by atoms with van der Waals surface area (Å²) in [5, 5.41) is 14.8. The summed E-state index contributed by atoms with van der Waals surface area (Å²) in [6.45, 7) is 1.85. The number of nitrogens with zero attached hydrogens (tertiary/aromatic N) is 3. The van der Waals surface area contributed by atoms with Gasteiger partial charge in [0.05, 0.1) is 17.3 Å². The van der Waals surface area contributed by atoms with Crippen LogP contribution >= 0.6 is 11.6 Å². The molecule has 0 radical (unpaired) electrons. The van der Waals surface area contributed by atoms with Crippen LogP contribution in [0.4, 0.5) is 8.78 Å². The van der Waals surface area contributed by atoms with Gasteiger partial charge in [-0.05, 0) is 42.3 Å². The molecule has 0 spiro atoms. The average molecular weight is 551 g/mol. The first-order valence-electron chi connectivity index (χ1n) is 11.9. The van der Waals surface area contributed by atoms with Crippen molar-refractivity contribution in [1.82, 2.24) is 15.0 Å². The minimum absolute atomic E-state index is 0.0621. The first kappa shape index (κ1) is 26.2. The Kier molecular flexibility index (Phi) is 6.73. The molecule has 0 fully saturated rings. The Morgan fingerprint density at radius 3 is 2.46 bits per heavy atom. The molecule has 0 aliphatic carbocycles. The number of H-pyrrole nitrogens is 1. The lowest BCUT2D eigenvalue weighted by Crippen LogP contribution is -2.42. The molecule has 5 rings (SSSR count). The Hall–Kier alpha value is -4.44. The van der Waals surface area contributed by atoms with E-state index in [1.54, 1.807) is 60.7 Å². The molecule has 8 nitrogen and oxygen atoms in total. The van der Waals surface area contributed by atoms with E-state index in [0.717, 1.165) is 5.56 Å². The molecule has 2 aromatic carbocycles. The minimum Gasteiger partial charge on any atom is -0.481 e. The number of halogens is 3. The largest absolute Gasteiger partial charge is 0.481 e. The average Bonchev–Trinajstić information content (AvgIpc) is 3.32. The van der Waals surface area contributed by atoms with Crippen LogP contribution in [0.1, 0.15) is 35.6 Å². The molecule has 3 heterocycles. The van der Waals surface area contributed by atoms with Crippen molar-refractivity contribution in [2.75, 3.05) is 0 Å². The van der Waals surface area contributed by atoms with Crippen molar-refractivity contribution < 1.29 is 23.5 Å². The first-order chi connectivity index (χ1) is 18.5. The molecular weight excluding hydrogens is 530 g/mol. The number of carboxylic acid groups (broad SMARTS) is 1. The molecule has 2 aromatic heterocycles. The fourth-order valence-corrected chi connectivity index (χ4v) is 4.77. The number of aromatic nitrogens is 2. The quantitative estimate of drug-likeness (QED) is 0.336. The summed E-state index contributed by atoms with van der Waals surface area (Å²) in [7, 11) is 0. The van der Waals surface area contributed by atoms with E-state index in [1.807, 2.05) is 6.92 Å². The third-order valence-corrected chi connectivity index (χ3v) is 6.73. The maximum atomic E-state index is 14.7. The molecule has 198 valence electrons. The zero-order valence-corrected chi connectivity index (χ0v) is 21.2. The van der Waals surface area contributed by atoms with Crippen LogP contribution in [0.3, 0.4) is 0 Å². The zero-order chi connectivity index (χ0) is 27.9. The molecule has 0 bridgehead atoms. The molecule has 0 unspecified atom stereocenters. The summed E-state index contributed by atoms with van der Waals surface area (Å²) in [6, 6.07) is 16.1. The first-order valence-corrected chi connectivity index (χ1v) is 12.3. The van der Waals surface area contributed by atoms with Crippen LogP contribution in [-0.2, 0) is 9.59 Å². The fraction of sp³-hybridized carbons (Fsp3) is 0.179. The molecule has 2 N–H and O–H groups in total. The van der Waals surface area contributed by atoms with Crippen molar-refractivity contribution in [3.63, 3.8) is 0 Å². The van der Waals surface area contributed by atoms with Gasteiger partial charge in [-0.1, -0.05) is 53.6 Å². The predicted molar refractivity (Wildman–Crippen MR) is 142 cm³/mol. The van der Waals surface area contributed by atoms with Crippen molar-refractivity contribution in [2.24, 2.45) is 5.10 Å². The number of hydrazone groups is 1. The lowest BCUT2D eigenvalue weighted by atomic mass is 9.91. The number of benzene rings is 2. The van der Waals surface area contributed by atoms with Crippen molar-refractivity contribution >= 4 is 40.2 Å². The van der Waals surface area contributed by atoms with Crippen LogP contribution in [0.15, 0.2) is 76.8 Å². The van der Waals surface area contributed by atoms with Gasteiger partial charge < -0.3 is 10.1 Å². The van der Waals surface area contributed by atoms with Gasteiger partial charge in [0.2, 0.25) is 0 Å². The molecule has 1 atom stereocenters. The van der Waals surface area contributed by atoms with Gasteiger partial charge in [0.15, 0.2) is 0 Å². The maximum absolute atomic E-state index is 14.7. The molecule has 1 aliphatic heterocycles. The third-order valence-electron chi connectivity index (χ3n) is 6.47. The molecule has 39 heavy (non-hydrogen) atoms. The van der Waals surface area contributed by atoms with Crippen LogP contribution in [0.2, 0.25) is 5.02 Å². The number of carbonyl (C=O) groups excluding carboxylic acids is 1. The topological polar surface area (TPSA) is 116 Å². The highest BCUT2D eigenvalue weighted by molar-refractivity contribution is 6.30. The highest BCUT2D eigenvalue weighted by atomic mass is 35.5. The molecule has 11 heteroatoms. The fourth-order valence-electron chi connectivity index (χ4n) is 4.65. The number of fused-ring (bicyclic) bond motifs is 1. The van der Waals surface area contributed by atoms with Gasteiger partial charge in [-0.3, -0.25) is 14.4 Å². The Morgan fingerprint density at radius 2 is 1.79 bits per heavy atom. The van der Waals surface area contributed by atoms with Crippen LogP contribution in [-0.4, -0.2) is 43.6 Å². The molecule has 4 aromatic rings. The summed E-state index contributed by atoms with van der Waals surface area (Å²) in [6.07, 6.45) is -0.228. The normalized spacial score (nSPS) is 15.4. The summed E-state index contributed by atoms with van der Waals surface area (Å²) in [5.41, 5.74) is 2.40. The Balaban J connectivity index is 1.72. The number of amides is 1. The van der Waals surface area contributed by atoms with Crippen LogP contribution < -0.4 is 5.56 Å². The van der Waals surface area contributed by atoms with Gasteiger partial charge >= 0.3 is 17.8 Å². The molecular formula is C28H21ClF2N4O4. The van der Waals surface area contributed by atoms with Gasteiger partial charge in [-0.2, -0.15) is 13.9 Å². The SMILES string of the molecule is Cc1ccc([C@H]2CC(c3c(-c4ccc(Cl)cc4)c4cccnc4[nH]c3=O)=NN2C(=O)C(F)(F)CC(=O)O)cc1. The van der Waals surface area contributed by atoms with E-state index in [2.05, 4.69) is 15.1 Å². The van der Waals surface area contributed by atoms with Gasteiger partial charge in [0.1, 0.15) is 12.1 Å². The monoisotopic (exact) mass is 550 g/mol. The third kappa shape index (κ3) is 5.03. The number of hydrogen-bond donors (Lipinski definition) is 2. The second-order valence-corrected chi connectivity index (χ2v) is 9.65. The summed E-state index contributed by atoms with van der Waals surface area (Å²) < 4.78 is 29.5. The predicted octanol–water partition coefficient (Wildman–Crippen LogP) is 5.34. The van der Waals surface area contributed by atoms with E-state index in [9.17, 15) is 23.2 Å². The summed E-state index contributed by atoms with van der Waals surface area (Å²) >= 11 is 6.09. The minimum atomic E-state index is -4.22. The van der Waals surface area contributed by atoms with E-state index in [0.29, 0.717) is 37.8 Å². The highest BCUT2D eigenvalue weighted by Crippen LogP contribution is 2.39. The molecule has 0 saturated heterocycles. The Labute approximate surface area is 225 Å². The van der Waals surface area contributed by atoms with E-state index < -0.39 is 35.8 Å². The van der Waals surface area contributed by atoms with Crippen molar-refractivity contribution in [3.05, 3.63) is 98.9 Å².